The Labute approximate surface area is 95.7 Å². The van der Waals surface area contributed by atoms with Gasteiger partial charge in [-0.2, -0.15) is 0 Å². The van der Waals surface area contributed by atoms with Crippen LogP contribution in [0, 0.1) is 0 Å². The van der Waals surface area contributed by atoms with E-state index < -0.39 is 11.3 Å². The van der Waals surface area contributed by atoms with Gasteiger partial charge in [-0.3, -0.25) is 4.55 Å². The molecular formula is C11H23NO2S. The molecule has 0 aliphatic carbocycles. The van der Waals surface area contributed by atoms with Gasteiger partial charge in [0.1, 0.15) is 0 Å². The van der Waals surface area contributed by atoms with Crippen LogP contribution < -0.4 is 0 Å². The topological polar surface area (TPSA) is 40.5 Å². The minimum atomic E-state index is -1.76. The molecule has 1 rings (SSSR count). The molecule has 0 aromatic heterocycles. The van der Waals surface area contributed by atoms with Gasteiger partial charge in [0.25, 0.3) is 0 Å². The molecule has 0 spiro atoms. The fraction of sp³-hybridized carbons (Fsp3) is 1.00. The van der Waals surface area contributed by atoms with Crippen molar-refractivity contribution in [3.05, 3.63) is 0 Å². The smallest absolute Gasteiger partial charge is 0.234 e. The third-order valence-electron chi connectivity index (χ3n) is 3.04. The second kappa shape index (κ2) is 8.25. The largest absolute Gasteiger partial charge is 0.294 e. The summed E-state index contributed by atoms with van der Waals surface area (Å²) in [6.45, 7) is 1.56. The highest BCUT2D eigenvalue weighted by Crippen LogP contribution is 2.12. The fourth-order valence-electron chi connectivity index (χ4n) is 2.08. The molecule has 0 radical (unpaired) electrons. The summed E-state index contributed by atoms with van der Waals surface area (Å²) < 4.78 is 21.8. The number of nitrogens with zero attached hydrogens (tertiary/aromatic N) is 1. The van der Waals surface area contributed by atoms with Crippen LogP contribution in [0.5, 0.6) is 0 Å². The number of hydrogen-bond acceptors (Lipinski definition) is 1. The quantitative estimate of drug-likeness (QED) is 0.707. The van der Waals surface area contributed by atoms with Crippen LogP contribution in [0.25, 0.3) is 0 Å². The Kier molecular flexibility index (Phi) is 7.22. The molecule has 0 bridgehead atoms. The average molecular weight is 233 g/mol. The maximum atomic E-state index is 11.0. The van der Waals surface area contributed by atoms with Crippen LogP contribution in [0.1, 0.15) is 57.8 Å². The highest BCUT2D eigenvalue weighted by Gasteiger charge is 2.10. The molecule has 0 aromatic carbocycles. The van der Waals surface area contributed by atoms with E-state index in [0.717, 1.165) is 25.9 Å². The second-order valence-electron chi connectivity index (χ2n) is 4.34. The lowest BCUT2D eigenvalue weighted by Gasteiger charge is -2.18. The summed E-state index contributed by atoms with van der Waals surface area (Å²) in [7, 11) is 0. The van der Waals surface area contributed by atoms with Crippen molar-refractivity contribution in [1.29, 1.82) is 0 Å². The Morgan fingerprint density at radius 3 is 1.40 bits per heavy atom. The summed E-state index contributed by atoms with van der Waals surface area (Å²) in [4.78, 5) is 0. The van der Waals surface area contributed by atoms with Gasteiger partial charge < -0.3 is 0 Å². The molecule has 90 valence electrons. The highest BCUT2D eigenvalue weighted by molar-refractivity contribution is 7.76. The van der Waals surface area contributed by atoms with Crippen molar-refractivity contribution in [1.82, 2.24) is 4.31 Å². The first-order chi connectivity index (χ1) is 7.30. The average Bonchev–Trinajstić information content (AvgIpc) is 2.18. The molecule has 1 heterocycles. The Morgan fingerprint density at radius 1 is 0.733 bits per heavy atom. The van der Waals surface area contributed by atoms with Gasteiger partial charge in [-0.25, -0.2) is 8.51 Å². The first-order valence-corrected chi connectivity index (χ1v) is 7.23. The minimum Gasteiger partial charge on any atom is -0.294 e. The Morgan fingerprint density at radius 2 is 1.07 bits per heavy atom. The van der Waals surface area contributed by atoms with Crippen LogP contribution in [0.2, 0.25) is 0 Å². The van der Waals surface area contributed by atoms with Crippen molar-refractivity contribution < 1.29 is 8.76 Å². The van der Waals surface area contributed by atoms with E-state index >= 15 is 0 Å². The van der Waals surface area contributed by atoms with E-state index in [4.69, 9.17) is 4.55 Å². The summed E-state index contributed by atoms with van der Waals surface area (Å²) >= 11 is -1.76. The lowest BCUT2D eigenvalue weighted by molar-refractivity contribution is 0.368. The summed E-state index contributed by atoms with van der Waals surface area (Å²) in [5.74, 6) is 0. The van der Waals surface area contributed by atoms with Crippen molar-refractivity contribution in [2.45, 2.75) is 57.8 Å². The lowest BCUT2D eigenvalue weighted by atomic mass is 10.1. The summed E-state index contributed by atoms with van der Waals surface area (Å²) in [6, 6.07) is 0. The number of rotatable bonds is 1. The molecular weight excluding hydrogens is 210 g/mol. The van der Waals surface area contributed by atoms with Crippen molar-refractivity contribution in [3.8, 4) is 0 Å². The maximum absolute atomic E-state index is 11.0. The van der Waals surface area contributed by atoms with E-state index in [1.54, 1.807) is 4.31 Å². The summed E-state index contributed by atoms with van der Waals surface area (Å²) in [5, 5.41) is 0. The molecule has 15 heavy (non-hydrogen) atoms. The van der Waals surface area contributed by atoms with E-state index in [1.807, 2.05) is 0 Å². The lowest BCUT2D eigenvalue weighted by Crippen LogP contribution is -2.28. The molecule has 1 saturated heterocycles. The van der Waals surface area contributed by atoms with E-state index in [9.17, 15) is 4.21 Å². The van der Waals surface area contributed by atoms with Crippen LogP contribution in [0.15, 0.2) is 0 Å². The zero-order valence-electron chi connectivity index (χ0n) is 9.49. The zero-order chi connectivity index (χ0) is 10.9. The monoisotopic (exact) mass is 233 g/mol. The predicted molar refractivity (Wildman–Crippen MR) is 63.9 cm³/mol. The SMILES string of the molecule is O=S(O)N1CCCCCCCCCCC1. The van der Waals surface area contributed by atoms with Crippen molar-refractivity contribution >= 4 is 11.3 Å². The molecule has 1 atom stereocenters. The molecule has 1 aliphatic rings. The number of hydrogen-bond donors (Lipinski definition) is 1. The van der Waals surface area contributed by atoms with E-state index in [0.29, 0.717) is 0 Å². The molecule has 1 aliphatic heterocycles. The predicted octanol–water partition coefficient (Wildman–Crippen LogP) is 2.95. The zero-order valence-corrected chi connectivity index (χ0v) is 10.3. The minimum absolute atomic E-state index is 0.781. The molecule has 0 saturated carbocycles. The third-order valence-corrected chi connectivity index (χ3v) is 3.84. The molecule has 1 N–H and O–H groups in total. The summed E-state index contributed by atoms with van der Waals surface area (Å²) in [5.41, 5.74) is 0. The third kappa shape index (κ3) is 6.28. The van der Waals surface area contributed by atoms with Gasteiger partial charge in [0, 0.05) is 13.1 Å². The Balaban J connectivity index is 2.28. The van der Waals surface area contributed by atoms with Gasteiger partial charge in [-0.1, -0.05) is 44.9 Å². The fourth-order valence-corrected chi connectivity index (χ4v) is 2.65. The van der Waals surface area contributed by atoms with Crippen LogP contribution in [0.3, 0.4) is 0 Å². The van der Waals surface area contributed by atoms with Crippen molar-refractivity contribution in [2.75, 3.05) is 13.1 Å². The Hall–Kier alpha value is 0.0700. The van der Waals surface area contributed by atoms with Gasteiger partial charge >= 0.3 is 0 Å². The maximum Gasteiger partial charge on any atom is 0.234 e. The highest BCUT2D eigenvalue weighted by atomic mass is 32.2. The van der Waals surface area contributed by atoms with Gasteiger partial charge in [0.2, 0.25) is 11.3 Å². The molecule has 0 aromatic rings. The molecule has 4 heteroatoms. The molecule has 1 unspecified atom stereocenters. The van der Waals surface area contributed by atoms with Gasteiger partial charge in [-0.05, 0) is 12.8 Å². The van der Waals surface area contributed by atoms with E-state index in [1.165, 1.54) is 44.9 Å². The normalized spacial score (nSPS) is 25.1. The van der Waals surface area contributed by atoms with Crippen LogP contribution in [-0.4, -0.2) is 26.2 Å². The standard InChI is InChI=1S/C11H23NO2S/c13-15(14)12-10-8-6-4-2-1-3-5-7-9-11-12/h1-11H2,(H,13,14). The molecule has 1 fully saturated rings. The van der Waals surface area contributed by atoms with Crippen molar-refractivity contribution in [2.24, 2.45) is 0 Å². The molecule has 3 nitrogen and oxygen atoms in total. The summed E-state index contributed by atoms with van der Waals surface area (Å²) in [6.07, 6.45) is 11.1. The van der Waals surface area contributed by atoms with Gasteiger partial charge in [0.05, 0.1) is 0 Å². The van der Waals surface area contributed by atoms with E-state index in [-0.39, 0.29) is 0 Å². The first kappa shape index (κ1) is 13.1. The van der Waals surface area contributed by atoms with Crippen LogP contribution in [0.4, 0.5) is 0 Å². The molecule has 0 amide bonds. The van der Waals surface area contributed by atoms with Gasteiger partial charge in [0.15, 0.2) is 0 Å². The van der Waals surface area contributed by atoms with Crippen LogP contribution >= 0.6 is 0 Å². The second-order valence-corrected chi connectivity index (χ2v) is 5.32. The van der Waals surface area contributed by atoms with Crippen LogP contribution in [-0.2, 0) is 11.3 Å². The van der Waals surface area contributed by atoms with Crippen molar-refractivity contribution in [3.63, 3.8) is 0 Å². The van der Waals surface area contributed by atoms with E-state index in [2.05, 4.69) is 0 Å². The first-order valence-electron chi connectivity index (χ1n) is 6.16. The van der Waals surface area contributed by atoms with Gasteiger partial charge in [-0.15, -0.1) is 0 Å². The Bertz CT molecular complexity index is 175.